The summed E-state index contributed by atoms with van der Waals surface area (Å²) in [6, 6.07) is 2.12. The van der Waals surface area contributed by atoms with Crippen LogP contribution in [0.5, 0.6) is 0 Å². The van der Waals surface area contributed by atoms with Crippen molar-refractivity contribution >= 4 is 27.2 Å². The molecule has 4 heteroatoms. The van der Waals surface area contributed by atoms with Gasteiger partial charge in [0, 0.05) is 11.1 Å². The Morgan fingerprint density at radius 3 is 2.82 bits per heavy atom. The third-order valence-corrected chi connectivity index (χ3v) is 3.91. The number of nitrogen functional groups attached to an aromatic ring is 1. The highest BCUT2D eigenvalue weighted by Gasteiger charge is 2.16. The van der Waals surface area contributed by atoms with E-state index in [1.807, 2.05) is 19.9 Å². The first-order chi connectivity index (χ1) is 8.10. The predicted octanol–water partition coefficient (Wildman–Crippen LogP) is 3.10. The second kappa shape index (κ2) is 4.19. The summed E-state index contributed by atoms with van der Waals surface area (Å²) in [6.07, 6.45) is 2.63. The van der Waals surface area contributed by atoms with Gasteiger partial charge in [0.15, 0.2) is 0 Å². The van der Waals surface area contributed by atoms with Gasteiger partial charge in [-0.2, -0.15) is 5.26 Å². The van der Waals surface area contributed by atoms with Crippen LogP contribution in [-0.2, 0) is 6.42 Å². The van der Waals surface area contributed by atoms with Crippen LogP contribution in [-0.4, -0.2) is 4.98 Å². The summed E-state index contributed by atoms with van der Waals surface area (Å²) in [6.45, 7) is 7.76. The normalized spacial score (nSPS) is 10.4. The average Bonchev–Trinajstić information content (AvgIpc) is 2.61. The van der Waals surface area contributed by atoms with E-state index in [0.717, 1.165) is 33.5 Å². The molecular weight excluding hydrogens is 230 g/mol. The minimum atomic E-state index is 0.547. The number of nitriles is 1. The second-order valence-corrected chi connectivity index (χ2v) is 4.93. The van der Waals surface area contributed by atoms with Gasteiger partial charge in [-0.3, -0.25) is 0 Å². The fraction of sp³-hybridized carbons (Fsp3) is 0.231. The van der Waals surface area contributed by atoms with Crippen molar-refractivity contribution in [2.24, 2.45) is 0 Å². The zero-order chi connectivity index (χ0) is 12.6. The van der Waals surface area contributed by atoms with Crippen LogP contribution < -0.4 is 5.73 Å². The lowest BCUT2D eigenvalue weighted by atomic mass is 10.0. The molecule has 17 heavy (non-hydrogen) atoms. The monoisotopic (exact) mass is 243 g/mol. The van der Waals surface area contributed by atoms with Crippen LogP contribution in [0, 0.1) is 25.2 Å². The van der Waals surface area contributed by atoms with Crippen molar-refractivity contribution in [3.05, 3.63) is 34.4 Å². The molecule has 2 heterocycles. The lowest BCUT2D eigenvalue weighted by molar-refractivity contribution is 1.12. The Hall–Kier alpha value is -1.86. The molecule has 0 unspecified atom stereocenters. The third-order valence-electron chi connectivity index (χ3n) is 2.91. The van der Waals surface area contributed by atoms with Gasteiger partial charge in [0.1, 0.15) is 15.8 Å². The van der Waals surface area contributed by atoms with E-state index in [-0.39, 0.29) is 0 Å². The van der Waals surface area contributed by atoms with Crippen molar-refractivity contribution in [3.8, 4) is 6.07 Å². The van der Waals surface area contributed by atoms with Crippen molar-refractivity contribution in [1.29, 1.82) is 5.26 Å². The van der Waals surface area contributed by atoms with Gasteiger partial charge in [-0.25, -0.2) is 4.98 Å². The van der Waals surface area contributed by atoms with Crippen LogP contribution in [0.2, 0.25) is 0 Å². The van der Waals surface area contributed by atoms with E-state index < -0.39 is 0 Å². The lowest BCUT2D eigenvalue weighted by Crippen LogP contribution is -1.97. The van der Waals surface area contributed by atoms with Gasteiger partial charge in [-0.15, -0.1) is 17.9 Å². The molecule has 86 valence electrons. The summed E-state index contributed by atoms with van der Waals surface area (Å²) >= 11 is 1.36. The second-order valence-electron chi connectivity index (χ2n) is 3.93. The molecule has 0 aliphatic carbocycles. The number of thiophene rings is 1. The average molecular weight is 243 g/mol. The van der Waals surface area contributed by atoms with Crippen LogP contribution in [0.25, 0.3) is 10.2 Å². The number of hydrogen-bond donors (Lipinski definition) is 1. The first-order valence-corrected chi connectivity index (χ1v) is 6.10. The van der Waals surface area contributed by atoms with E-state index in [2.05, 4.69) is 17.6 Å². The van der Waals surface area contributed by atoms with Gasteiger partial charge in [-0.1, -0.05) is 6.08 Å². The Kier molecular flexibility index (Phi) is 2.86. The summed E-state index contributed by atoms with van der Waals surface area (Å²) < 4.78 is 0. The number of aromatic nitrogens is 1. The SMILES string of the molecule is C=CCc1c(C)nc2sc(C#N)c(N)c2c1C. The topological polar surface area (TPSA) is 62.7 Å². The van der Waals surface area contributed by atoms with Crippen molar-refractivity contribution < 1.29 is 0 Å². The largest absolute Gasteiger partial charge is 0.396 e. The van der Waals surface area contributed by atoms with Gasteiger partial charge in [-0.05, 0) is 31.4 Å². The molecule has 0 amide bonds. The van der Waals surface area contributed by atoms with Crippen LogP contribution in [0.15, 0.2) is 12.7 Å². The summed E-state index contributed by atoms with van der Waals surface area (Å²) in [5.41, 5.74) is 9.80. The molecule has 0 fully saturated rings. The zero-order valence-corrected chi connectivity index (χ0v) is 10.7. The van der Waals surface area contributed by atoms with Gasteiger partial charge < -0.3 is 5.73 Å². The number of nitrogens with two attached hydrogens (primary N) is 1. The Morgan fingerprint density at radius 1 is 1.53 bits per heavy atom. The van der Waals surface area contributed by atoms with E-state index in [9.17, 15) is 0 Å². The highest BCUT2D eigenvalue weighted by Crippen LogP contribution is 2.36. The van der Waals surface area contributed by atoms with Crippen molar-refractivity contribution in [3.63, 3.8) is 0 Å². The van der Waals surface area contributed by atoms with Crippen molar-refractivity contribution in [2.45, 2.75) is 20.3 Å². The number of hydrogen-bond acceptors (Lipinski definition) is 4. The van der Waals surface area contributed by atoms with Crippen LogP contribution >= 0.6 is 11.3 Å². The highest BCUT2D eigenvalue weighted by molar-refractivity contribution is 7.19. The number of pyridine rings is 1. The molecule has 0 spiro atoms. The van der Waals surface area contributed by atoms with E-state index in [0.29, 0.717) is 10.6 Å². The quantitative estimate of drug-likeness (QED) is 0.824. The molecule has 0 saturated heterocycles. The standard InChI is InChI=1S/C13H13N3S/c1-4-5-9-7(2)11-12(15)10(6-14)17-13(11)16-8(9)3/h4H,1,5,15H2,2-3H3. The maximum Gasteiger partial charge on any atom is 0.130 e. The molecule has 2 N–H and O–H groups in total. The first-order valence-electron chi connectivity index (χ1n) is 5.29. The molecule has 2 rings (SSSR count). The third kappa shape index (κ3) is 1.69. The number of fused-ring (bicyclic) bond motifs is 1. The number of nitrogens with zero attached hydrogens (tertiary/aromatic N) is 2. The minimum absolute atomic E-state index is 0.547. The number of anilines is 1. The molecular formula is C13H13N3S. The maximum absolute atomic E-state index is 8.99. The Labute approximate surface area is 104 Å². The molecule has 2 aromatic heterocycles. The molecule has 2 aromatic rings. The minimum Gasteiger partial charge on any atom is -0.396 e. The molecule has 0 aromatic carbocycles. The van der Waals surface area contributed by atoms with Gasteiger partial charge in [0.05, 0.1) is 5.69 Å². The van der Waals surface area contributed by atoms with Gasteiger partial charge in [0.25, 0.3) is 0 Å². The predicted molar refractivity (Wildman–Crippen MR) is 72.1 cm³/mol. The smallest absolute Gasteiger partial charge is 0.130 e. The molecule has 0 atom stereocenters. The highest BCUT2D eigenvalue weighted by atomic mass is 32.1. The molecule has 3 nitrogen and oxygen atoms in total. The maximum atomic E-state index is 8.99. The van der Waals surface area contributed by atoms with Crippen molar-refractivity contribution in [2.75, 3.05) is 5.73 Å². The fourth-order valence-electron chi connectivity index (χ4n) is 2.04. The number of aryl methyl sites for hydroxylation is 2. The lowest BCUT2D eigenvalue weighted by Gasteiger charge is -2.08. The Bertz CT molecular complexity index is 647. The Balaban J connectivity index is 2.86. The molecule has 0 bridgehead atoms. The first kappa shape index (κ1) is 11.6. The van der Waals surface area contributed by atoms with Crippen LogP contribution in [0.3, 0.4) is 0 Å². The van der Waals surface area contributed by atoms with E-state index in [1.54, 1.807) is 0 Å². The summed E-state index contributed by atoms with van der Waals surface area (Å²) in [5.74, 6) is 0. The summed E-state index contributed by atoms with van der Waals surface area (Å²) in [5, 5.41) is 9.91. The van der Waals surface area contributed by atoms with Gasteiger partial charge >= 0.3 is 0 Å². The van der Waals surface area contributed by atoms with Gasteiger partial charge in [0.2, 0.25) is 0 Å². The van der Waals surface area contributed by atoms with Crippen LogP contribution in [0.1, 0.15) is 21.7 Å². The van der Waals surface area contributed by atoms with E-state index >= 15 is 0 Å². The molecule has 0 aliphatic rings. The number of rotatable bonds is 2. The summed E-state index contributed by atoms with van der Waals surface area (Å²) in [4.78, 5) is 5.92. The Morgan fingerprint density at radius 2 is 2.24 bits per heavy atom. The van der Waals surface area contributed by atoms with Crippen molar-refractivity contribution in [1.82, 2.24) is 4.98 Å². The van der Waals surface area contributed by atoms with E-state index in [1.165, 1.54) is 11.3 Å². The fourth-order valence-corrected chi connectivity index (χ4v) is 3.04. The molecule has 0 radical (unpaired) electrons. The number of allylic oxidation sites excluding steroid dienone is 1. The van der Waals surface area contributed by atoms with E-state index in [4.69, 9.17) is 11.0 Å². The zero-order valence-electron chi connectivity index (χ0n) is 9.87. The summed E-state index contributed by atoms with van der Waals surface area (Å²) in [7, 11) is 0. The molecule has 0 aliphatic heterocycles. The van der Waals surface area contributed by atoms with Crippen LogP contribution in [0.4, 0.5) is 5.69 Å². The molecule has 0 saturated carbocycles.